The predicted molar refractivity (Wildman–Crippen MR) is 385 cm³/mol. The minimum absolute atomic E-state index is 0.0351. The highest BCUT2D eigenvalue weighted by Gasteiger charge is 2.57. The zero-order valence-corrected chi connectivity index (χ0v) is 62.9. The smallest absolute Gasteiger partial charge is 0.382 e. The van der Waals surface area contributed by atoms with E-state index in [0.717, 1.165) is 29.9 Å². The molecule has 0 aliphatic carbocycles. The van der Waals surface area contributed by atoms with Crippen molar-refractivity contribution >= 4 is 160 Å². The van der Waals surface area contributed by atoms with Crippen molar-refractivity contribution < 1.29 is 106 Å². The fourth-order valence-electron chi connectivity index (χ4n) is 12.4. The highest BCUT2D eigenvalue weighted by atomic mass is 32.7. The molecule has 6 aliphatic heterocycles. The van der Waals surface area contributed by atoms with Crippen LogP contribution >= 0.6 is 39.2 Å². The number of anilines is 4. The second-order valence-corrected chi connectivity index (χ2v) is 36.3. The first-order chi connectivity index (χ1) is 52.5. The van der Waals surface area contributed by atoms with Gasteiger partial charge in [0.25, 0.3) is 17.4 Å². The fraction of sp³-hybridized carbons (Fsp3) is 0.397. The number of carbonyl (C=O) groups is 3. The summed E-state index contributed by atoms with van der Waals surface area (Å²) >= 11 is 19.7. The monoisotopic (exact) mass is 1680 g/mol. The Balaban J connectivity index is 0.000000178. The van der Waals surface area contributed by atoms with Gasteiger partial charge in [-0.05, 0) is 59.7 Å². The maximum Gasteiger partial charge on any atom is 0.386 e. The van der Waals surface area contributed by atoms with E-state index in [4.69, 9.17) is 96.3 Å². The number of alkyl halides is 4. The number of nitrogens with two attached hydrogens (primary N) is 1. The van der Waals surface area contributed by atoms with Crippen molar-refractivity contribution in [2.24, 2.45) is 5.92 Å². The van der Waals surface area contributed by atoms with Crippen molar-refractivity contribution in [2.45, 2.75) is 112 Å². The summed E-state index contributed by atoms with van der Waals surface area (Å²) in [6.07, 6.45) is -18.8. The number of aromatic amines is 1. The van der Waals surface area contributed by atoms with Crippen LogP contribution in [-0.4, -0.2) is 210 Å². The molecule has 0 bridgehead atoms. The summed E-state index contributed by atoms with van der Waals surface area (Å²) in [5.74, 6) is -1.96. The van der Waals surface area contributed by atoms with E-state index >= 15 is 17.6 Å². The number of fused-ring (bicyclic) bond motifs is 8. The molecular formula is C58H58F4N20O20P4S4. The molecule has 4 unspecified atom stereocenters. The van der Waals surface area contributed by atoms with E-state index in [2.05, 4.69) is 88.0 Å². The van der Waals surface area contributed by atoms with Gasteiger partial charge >= 0.3 is 27.0 Å². The number of rotatable bonds is 10. The molecule has 14 heterocycles. The topological polar surface area (TPSA) is 496 Å². The number of carbonyl (C=O) groups excluding carboxylic acids is 3. The molecule has 40 nitrogen and oxygen atoms in total. The SMILES string of the molecule is CC(C)C(=O)Nc1nc2c(ncn2[C@@H]2O[C@@H]3COP(O)(=S)O[C@H]4[C@@H](F)[C@H](n5cnc6c(N)ncnc65)O[C@@H]4COP(=O)(S)O[C@H]3[C@H]2F)c(=O)[nH]1.O=C(Nc1ncnc2c1ncn2[C@@H]1O[C@@H]2COP(O)(=S)O[C@H]3[C@@H](F)[C@H](n4cnc5c(NC(=O)c6ccccc6)ncnc54)O[C@@H]3COP(O)(=S)O[C@H]2[C@H]1F)c1ccccc1. The number of benzene rings is 2. The Labute approximate surface area is 634 Å². The third-order valence-electron chi connectivity index (χ3n) is 17.6. The zero-order chi connectivity index (χ0) is 77.5. The van der Waals surface area contributed by atoms with Gasteiger partial charge in [0.2, 0.25) is 11.9 Å². The Kier molecular flexibility index (Phi) is 21.9. The Morgan fingerprint density at radius 1 is 0.518 bits per heavy atom. The average molecular weight is 1680 g/mol. The van der Waals surface area contributed by atoms with Crippen molar-refractivity contribution in [3.8, 4) is 0 Å². The van der Waals surface area contributed by atoms with Gasteiger partial charge in [-0.25, -0.2) is 72.0 Å². The Bertz CT molecular complexity index is 5290. The molecule has 0 radical (unpaired) electrons. The summed E-state index contributed by atoms with van der Waals surface area (Å²) in [7, 11) is 0. The molecule has 20 atom stereocenters. The van der Waals surface area contributed by atoms with Crippen LogP contribution in [0.4, 0.5) is 41.0 Å². The van der Waals surface area contributed by atoms with Gasteiger partial charge in [-0.3, -0.25) is 70.4 Å². The van der Waals surface area contributed by atoms with Crippen LogP contribution in [0.15, 0.2) is 110 Å². The van der Waals surface area contributed by atoms with Gasteiger partial charge in [0, 0.05) is 17.0 Å². The van der Waals surface area contributed by atoms with E-state index in [1.807, 2.05) is 0 Å². The number of aromatic nitrogens is 16. The summed E-state index contributed by atoms with van der Waals surface area (Å²) < 4.78 is 152. The third kappa shape index (κ3) is 15.8. The molecule has 9 N–H and O–H groups in total. The van der Waals surface area contributed by atoms with Gasteiger partial charge < -0.3 is 63.6 Å². The number of imidazole rings is 4. The lowest BCUT2D eigenvalue weighted by molar-refractivity contribution is -0.119. The highest BCUT2D eigenvalue weighted by molar-refractivity contribution is 8.44. The molecule has 16 rings (SSSR count). The van der Waals surface area contributed by atoms with Crippen molar-refractivity contribution in [3.63, 3.8) is 0 Å². The molecule has 0 saturated carbocycles. The molecule has 0 spiro atoms. The standard InChI is InChI=1S/C34H30F2N10O10P2S2.C24H28F2N10O10P2S2/c35-21-25-19(53-33(21)45-15-41-23-27(37-13-39-29(23)45)43-31(47)17-7-3-1-4-8-17)11-51-58(50,60)56-26-20(12-52-57(49,59)55-25)54-34(22(26)36)46-16-42-24-28(38-14-40-30(24)46)44-32(48)18-9-5-2-6-10-18;1-8(2)20(37)33-24-32-19-14(21(38)34-24)31-7-36(19)23-12(26)16-10(44-23)4-42-47(39,49)45-15-9(3-41-48(40,50)46-16)43-22(11(15)25)35-6-30-13-17(27)28-5-29-18(13)35/h1-10,13-16,19-22,25-26,33-34H,11-12H2,(H,49,59)(H,50,60)(H,37,39,43,47)(H,38,40,44,48);5-12,15-16,22-23H,3-4H2,1-2H3,(H,39,49)(H,40,50)(H2,27,28,29)(H2,32,33,34,37,38)/t19-,20-,21-,22-,25-,26-,33-,34-,57?,58?;9-,10-,11-,12-,15-,16-,22-,23-,47?,48?/m11/s1. The largest absolute Gasteiger partial charge is 0.386 e. The summed E-state index contributed by atoms with van der Waals surface area (Å²) in [4.78, 5) is 132. The minimum atomic E-state index is -4.48. The van der Waals surface area contributed by atoms with Crippen LogP contribution in [-0.2, 0) is 99.9 Å². The highest BCUT2D eigenvalue weighted by Crippen LogP contribution is 2.60. The van der Waals surface area contributed by atoms with Gasteiger partial charge in [-0.15, -0.1) is 0 Å². The lowest BCUT2D eigenvalue weighted by Crippen LogP contribution is -2.37. The molecule has 110 heavy (non-hydrogen) atoms. The van der Waals surface area contributed by atoms with E-state index in [0.29, 0.717) is 11.1 Å². The number of thiol groups is 1. The van der Waals surface area contributed by atoms with E-state index in [1.165, 1.54) is 32.7 Å². The molecule has 10 aromatic rings. The van der Waals surface area contributed by atoms with Crippen LogP contribution in [0.1, 0.15) is 59.5 Å². The van der Waals surface area contributed by atoms with E-state index in [1.54, 1.807) is 74.5 Å². The lowest BCUT2D eigenvalue weighted by atomic mass is 10.1. The van der Waals surface area contributed by atoms with Crippen LogP contribution < -0.4 is 27.2 Å². The first-order valence-electron chi connectivity index (χ1n) is 32.6. The number of amides is 3. The van der Waals surface area contributed by atoms with Crippen molar-refractivity contribution in [2.75, 3.05) is 48.1 Å². The molecule has 582 valence electrons. The lowest BCUT2D eigenvalue weighted by Gasteiger charge is -2.29. The van der Waals surface area contributed by atoms with Crippen molar-refractivity contribution in [1.82, 2.24) is 78.1 Å². The first kappa shape index (κ1) is 77.6. The van der Waals surface area contributed by atoms with Crippen LogP contribution in [0.25, 0.3) is 44.7 Å². The number of ether oxygens (including phenoxy) is 4. The predicted octanol–water partition coefficient (Wildman–Crippen LogP) is 5.57. The Hall–Kier alpha value is -7.70. The van der Waals surface area contributed by atoms with Crippen LogP contribution in [0.3, 0.4) is 0 Å². The molecule has 6 saturated heterocycles. The molecule has 52 heteroatoms. The van der Waals surface area contributed by atoms with Crippen LogP contribution in [0, 0.1) is 5.92 Å². The van der Waals surface area contributed by atoms with E-state index in [9.17, 15) is 38.4 Å². The Morgan fingerprint density at radius 2 is 0.873 bits per heavy atom. The van der Waals surface area contributed by atoms with E-state index in [-0.39, 0.29) is 68.1 Å². The van der Waals surface area contributed by atoms with Crippen molar-refractivity contribution in [3.05, 3.63) is 126 Å². The van der Waals surface area contributed by atoms with E-state index < -0.39 is 181 Å². The number of nitrogens with zero attached hydrogens (tertiary/aromatic N) is 15. The zero-order valence-electron chi connectivity index (χ0n) is 56.0. The molecule has 3 amide bonds. The van der Waals surface area contributed by atoms with Crippen LogP contribution in [0.5, 0.6) is 0 Å². The molecule has 2 aromatic carbocycles. The van der Waals surface area contributed by atoms with Gasteiger partial charge in [0.1, 0.15) is 73.3 Å². The first-order valence-corrected chi connectivity index (χ1v) is 43.0. The average Bonchev–Trinajstić information content (AvgIpc) is 1.63. The maximum atomic E-state index is 16.5. The molecular weight excluding hydrogens is 1620 g/mol. The number of H-pyrrole nitrogens is 1. The van der Waals surface area contributed by atoms with Gasteiger partial charge in [0.05, 0.1) is 51.7 Å². The normalized spacial score (nSPS) is 32.8. The number of nitrogen functional groups attached to an aromatic ring is 1. The van der Waals surface area contributed by atoms with Gasteiger partial charge in [0.15, 0.2) is 106 Å². The van der Waals surface area contributed by atoms with Gasteiger partial charge in [-0.1, -0.05) is 62.5 Å². The van der Waals surface area contributed by atoms with Gasteiger partial charge in [-0.2, -0.15) is 4.98 Å². The molecule has 6 aliphatic rings. The quantitative estimate of drug-likeness (QED) is 0.0459. The number of hydrogen-bond donors (Lipinski definition) is 9. The molecule has 8 aromatic heterocycles. The van der Waals surface area contributed by atoms with Crippen molar-refractivity contribution in [1.29, 1.82) is 0 Å². The second-order valence-electron chi connectivity index (χ2n) is 25.1. The summed E-state index contributed by atoms with van der Waals surface area (Å²) in [5, 5.41) is 7.79. The minimum Gasteiger partial charge on any atom is -0.382 e. The summed E-state index contributed by atoms with van der Waals surface area (Å²) in [5.41, 5.74) is 6.07. The van der Waals surface area contributed by atoms with Crippen LogP contribution in [0.2, 0.25) is 0 Å². The summed E-state index contributed by atoms with van der Waals surface area (Å²) in [6, 6.07) is 16.7. The molecule has 6 fully saturated rings. The Morgan fingerprint density at radius 3 is 1.28 bits per heavy atom. The second kappa shape index (κ2) is 31.0. The number of hydrogen-bond acceptors (Lipinski definition) is 32. The number of nitrogens with one attached hydrogen (secondary N) is 4. The number of halogens is 4. The summed E-state index contributed by atoms with van der Waals surface area (Å²) in [6.45, 7) is -17.1. The third-order valence-corrected chi connectivity index (χ3v) is 23.9. The fourth-order valence-corrected chi connectivity index (χ4v) is 18.2. The maximum absolute atomic E-state index is 16.5.